The van der Waals surface area contributed by atoms with Crippen LogP contribution in [0.5, 0.6) is 0 Å². The van der Waals surface area contributed by atoms with Crippen LogP contribution < -0.4 is 0 Å². The molecule has 3 atom stereocenters. The van der Waals surface area contributed by atoms with Gasteiger partial charge in [0.25, 0.3) is 0 Å². The van der Waals surface area contributed by atoms with E-state index in [1.54, 1.807) is 0 Å². The Hall–Kier alpha value is -0.340. The van der Waals surface area contributed by atoms with E-state index in [9.17, 15) is 5.11 Å². The van der Waals surface area contributed by atoms with Crippen molar-refractivity contribution in [2.75, 3.05) is 6.61 Å². The highest BCUT2D eigenvalue weighted by Gasteiger charge is 2.24. The Morgan fingerprint density at radius 3 is 2.68 bits per heavy atom. The number of unbranched alkanes of at least 4 members (excludes halogenated alkanes) is 1. The Labute approximate surface area is 120 Å². The molecule has 0 spiro atoms. The Morgan fingerprint density at radius 2 is 2.11 bits per heavy atom. The summed E-state index contributed by atoms with van der Waals surface area (Å²) >= 11 is 0. The minimum absolute atomic E-state index is 0. The fourth-order valence-electron chi connectivity index (χ4n) is 2.38. The van der Waals surface area contributed by atoms with Gasteiger partial charge in [0.1, 0.15) is 0 Å². The minimum atomic E-state index is -0.259. The van der Waals surface area contributed by atoms with Gasteiger partial charge in [0.05, 0.1) is 6.10 Å². The zero-order valence-electron chi connectivity index (χ0n) is 12.4. The maximum atomic E-state index is 9.94. The first-order valence-electron chi connectivity index (χ1n) is 7.37. The molecule has 19 heavy (non-hydrogen) atoms. The lowest BCUT2D eigenvalue weighted by atomic mass is 9.79. The van der Waals surface area contributed by atoms with E-state index in [2.05, 4.69) is 33.8 Å². The van der Waals surface area contributed by atoms with E-state index in [0.29, 0.717) is 11.8 Å². The lowest BCUT2D eigenvalue weighted by Crippen LogP contribution is -2.27. The fourth-order valence-corrected chi connectivity index (χ4v) is 2.38. The molecule has 0 aromatic heterocycles. The van der Waals surface area contributed by atoms with Crippen LogP contribution in [0.1, 0.15) is 67.2 Å². The molecule has 0 aromatic rings. The average Bonchev–Trinajstić information content (AvgIpc) is 2.33. The SMILES string of the molecule is C.CCCCO[C-](C)CCC1=CC(O)C(C)C(C)C1. The summed E-state index contributed by atoms with van der Waals surface area (Å²) in [6.45, 7) is 9.46. The van der Waals surface area contributed by atoms with E-state index in [1.807, 2.05) is 0 Å². The number of aliphatic hydroxyl groups excluding tert-OH is 1. The van der Waals surface area contributed by atoms with Crippen LogP contribution in [0.3, 0.4) is 0 Å². The zero-order valence-corrected chi connectivity index (χ0v) is 12.4. The number of hydrogen-bond acceptors (Lipinski definition) is 2. The molecule has 0 bridgehead atoms. The summed E-state index contributed by atoms with van der Waals surface area (Å²) in [7, 11) is 0. The van der Waals surface area contributed by atoms with E-state index in [4.69, 9.17) is 4.74 Å². The van der Waals surface area contributed by atoms with Gasteiger partial charge in [-0.15, -0.1) is 0 Å². The van der Waals surface area contributed by atoms with Gasteiger partial charge in [-0.05, 0) is 24.7 Å². The normalized spacial score (nSPS) is 27.1. The molecule has 0 aromatic carbocycles. The molecule has 0 radical (unpaired) electrons. The van der Waals surface area contributed by atoms with Crippen LogP contribution in [-0.2, 0) is 4.74 Å². The molecular weight excluding hydrogens is 236 g/mol. The van der Waals surface area contributed by atoms with Crippen LogP contribution in [0.15, 0.2) is 11.6 Å². The molecule has 1 N–H and O–H groups in total. The summed E-state index contributed by atoms with van der Waals surface area (Å²) in [6.07, 6.45) is 8.39. The second kappa shape index (κ2) is 9.55. The summed E-state index contributed by atoms with van der Waals surface area (Å²) in [4.78, 5) is 0. The average molecular weight is 269 g/mol. The smallest absolute Gasteiger partial charge is 0.0751 e. The summed E-state index contributed by atoms with van der Waals surface area (Å²) in [5, 5.41) is 9.94. The van der Waals surface area contributed by atoms with Crippen molar-refractivity contribution in [3.8, 4) is 0 Å². The summed E-state index contributed by atoms with van der Waals surface area (Å²) in [5.41, 5.74) is 1.39. The fraction of sp³-hybridized carbons (Fsp3) is 0.824. The highest BCUT2D eigenvalue weighted by atomic mass is 16.5. The second-order valence-electron chi connectivity index (χ2n) is 5.76. The van der Waals surface area contributed by atoms with Crippen molar-refractivity contribution in [3.05, 3.63) is 17.8 Å². The van der Waals surface area contributed by atoms with E-state index >= 15 is 0 Å². The first kappa shape index (κ1) is 18.7. The van der Waals surface area contributed by atoms with E-state index in [-0.39, 0.29) is 13.5 Å². The van der Waals surface area contributed by atoms with Gasteiger partial charge in [0, 0.05) is 6.61 Å². The molecule has 0 amide bonds. The number of rotatable bonds is 7. The van der Waals surface area contributed by atoms with E-state index < -0.39 is 0 Å². The largest absolute Gasteiger partial charge is 0.549 e. The topological polar surface area (TPSA) is 29.5 Å². The molecule has 0 saturated carbocycles. The maximum Gasteiger partial charge on any atom is 0.0751 e. The van der Waals surface area contributed by atoms with Crippen LogP contribution >= 0.6 is 0 Å². The number of allylic oxidation sites excluding steroid dienone is 1. The maximum absolute atomic E-state index is 9.94. The lowest BCUT2D eigenvalue weighted by Gasteiger charge is -2.32. The molecule has 0 heterocycles. The Balaban J connectivity index is 0.00000324. The molecule has 1 aliphatic carbocycles. The first-order valence-corrected chi connectivity index (χ1v) is 7.37. The van der Waals surface area contributed by atoms with Crippen LogP contribution in [0.4, 0.5) is 0 Å². The second-order valence-corrected chi connectivity index (χ2v) is 5.76. The molecular formula is C17H33O2-. The summed E-state index contributed by atoms with van der Waals surface area (Å²) in [6, 6.07) is 0. The van der Waals surface area contributed by atoms with Gasteiger partial charge in [-0.3, -0.25) is 0 Å². The van der Waals surface area contributed by atoms with E-state index in [1.165, 1.54) is 12.0 Å². The van der Waals surface area contributed by atoms with Crippen molar-refractivity contribution >= 4 is 0 Å². The molecule has 0 aliphatic heterocycles. The summed E-state index contributed by atoms with van der Waals surface area (Å²) in [5.74, 6) is 0.973. The highest BCUT2D eigenvalue weighted by Crippen LogP contribution is 2.32. The Kier molecular flexibility index (Phi) is 9.38. The van der Waals surface area contributed by atoms with Gasteiger partial charge in [0.15, 0.2) is 0 Å². The van der Waals surface area contributed by atoms with Crippen LogP contribution in [0.25, 0.3) is 0 Å². The van der Waals surface area contributed by atoms with Gasteiger partial charge in [-0.25, -0.2) is 0 Å². The zero-order chi connectivity index (χ0) is 13.5. The van der Waals surface area contributed by atoms with Gasteiger partial charge in [-0.2, -0.15) is 19.4 Å². The third-order valence-electron chi connectivity index (χ3n) is 4.07. The number of aliphatic hydroxyl groups is 1. The van der Waals surface area contributed by atoms with Gasteiger partial charge >= 0.3 is 0 Å². The standard InChI is InChI=1S/C16H29O2.CH4/c1-5-6-9-18-13(3)7-8-15-10-12(2)14(4)16(17)11-15;/h11-12,14,16-17H,5-10H2,1-4H3;1H4/q-1;. The molecule has 2 nitrogen and oxygen atoms in total. The third-order valence-corrected chi connectivity index (χ3v) is 4.07. The highest BCUT2D eigenvalue weighted by molar-refractivity contribution is 5.12. The van der Waals surface area contributed by atoms with Crippen molar-refractivity contribution in [1.82, 2.24) is 0 Å². The first-order chi connectivity index (χ1) is 8.54. The molecule has 114 valence electrons. The molecule has 3 unspecified atom stereocenters. The van der Waals surface area contributed by atoms with Crippen molar-refractivity contribution in [1.29, 1.82) is 0 Å². The number of ether oxygens (including phenoxy) is 1. The lowest BCUT2D eigenvalue weighted by molar-refractivity contribution is 0.114. The Morgan fingerprint density at radius 1 is 1.42 bits per heavy atom. The predicted octanol–water partition coefficient (Wildman–Crippen LogP) is 4.73. The molecule has 1 aliphatic rings. The predicted molar refractivity (Wildman–Crippen MR) is 82.8 cm³/mol. The molecule has 2 heteroatoms. The monoisotopic (exact) mass is 269 g/mol. The molecule has 1 rings (SSSR count). The van der Waals surface area contributed by atoms with E-state index in [0.717, 1.165) is 38.4 Å². The van der Waals surface area contributed by atoms with Gasteiger partial charge in [0.2, 0.25) is 0 Å². The van der Waals surface area contributed by atoms with Gasteiger partial charge in [-0.1, -0.05) is 52.7 Å². The van der Waals surface area contributed by atoms with Crippen molar-refractivity contribution in [2.24, 2.45) is 11.8 Å². The van der Waals surface area contributed by atoms with Crippen LogP contribution in [0.2, 0.25) is 0 Å². The van der Waals surface area contributed by atoms with Crippen molar-refractivity contribution < 1.29 is 9.84 Å². The summed E-state index contributed by atoms with van der Waals surface area (Å²) < 4.78 is 5.68. The van der Waals surface area contributed by atoms with Crippen molar-refractivity contribution in [2.45, 2.75) is 73.3 Å². The number of hydrogen-bond donors (Lipinski definition) is 1. The van der Waals surface area contributed by atoms with Crippen molar-refractivity contribution in [3.63, 3.8) is 0 Å². The third kappa shape index (κ3) is 6.58. The minimum Gasteiger partial charge on any atom is -0.549 e. The molecule has 0 fully saturated rings. The molecule has 0 saturated heterocycles. The van der Waals surface area contributed by atoms with Crippen LogP contribution in [-0.4, -0.2) is 17.8 Å². The van der Waals surface area contributed by atoms with Crippen LogP contribution in [0, 0.1) is 17.9 Å². The Bertz CT molecular complexity index is 260. The quantitative estimate of drug-likeness (QED) is 0.411. The van der Waals surface area contributed by atoms with Gasteiger partial charge < -0.3 is 9.84 Å².